The van der Waals surface area contributed by atoms with Crippen LogP contribution in [0, 0.1) is 0 Å². The van der Waals surface area contributed by atoms with Crippen molar-refractivity contribution in [3.8, 4) is 0 Å². The molecule has 1 saturated heterocycles. The molecule has 0 aliphatic carbocycles. The molecule has 1 aromatic heterocycles. The van der Waals surface area contributed by atoms with Crippen LogP contribution in [0.15, 0.2) is 42.6 Å². The lowest BCUT2D eigenvalue weighted by Crippen LogP contribution is -2.35. The summed E-state index contributed by atoms with van der Waals surface area (Å²) in [5.74, 6) is 0.184. The van der Waals surface area contributed by atoms with Crippen molar-refractivity contribution in [2.45, 2.75) is 38.9 Å². The molecule has 126 valence electrons. The van der Waals surface area contributed by atoms with Gasteiger partial charge in [-0.2, -0.15) is 0 Å². The quantitative estimate of drug-likeness (QED) is 0.867. The number of carbonyl (C=O) groups is 1. The van der Waals surface area contributed by atoms with Crippen LogP contribution in [0.4, 0.5) is 0 Å². The largest absolute Gasteiger partial charge is 0.349 e. The number of fused-ring (bicyclic) bond motifs is 1. The smallest absolute Gasteiger partial charge is 0.253 e. The van der Waals surface area contributed by atoms with Crippen LogP contribution in [0.2, 0.25) is 0 Å². The molecule has 1 atom stereocenters. The highest BCUT2D eigenvalue weighted by molar-refractivity contribution is 5.94. The molecule has 2 aliphatic rings. The monoisotopic (exact) mass is 323 g/mol. The third kappa shape index (κ3) is 2.86. The predicted molar refractivity (Wildman–Crippen MR) is 94.8 cm³/mol. The zero-order chi connectivity index (χ0) is 16.5. The van der Waals surface area contributed by atoms with Gasteiger partial charge in [-0.15, -0.1) is 0 Å². The highest BCUT2D eigenvalue weighted by atomic mass is 16.2. The highest BCUT2D eigenvalue weighted by Gasteiger charge is 2.23. The molecule has 24 heavy (non-hydrogen) atoms. The highest BCUT2D eigenvalue weighted by Crippen LogP contribution is 2.27. The molecule has 0 N–H and O–H groups in total. The second kappa shape index (κ2) is 6.44. The topological polar surface area (TPSA) is 28.5 Å². The van der Waals surface area contributed by atoms with Gasteiger partial charge >= 0.3 is 0 Å². The van der Waals surface area contributed by atoms with Crippen LogP contribution in [-0.2, 0) is 13.1 Å². The van der Waals surface area contributed by atoms with Gasteiger partial charge in [0.2, 0.25) is 0 Å². The number of hydrogen-bond acceptors (Lipinski definition) is 2. The van der Waals surface area contributed by atoms with Gasteiger partial charge in [-0.1, -0.05) is 12.1 Å². The fraction of sp³-hybridized carbons (Fsp3) is 0.450. The van der Waals surface area contributed by atoms with Gasteiger partial charge in [-0.25, -0.2) is 0 Å². The van der Waals surface area contributed by atoms with E-state index < -0.39 is 0 Å². The first-order valence-electron chi connectivity index (χ1n) is 9.00. The Bertz CT molecular complexity index is 713. The number of carbonyl (C=O) groups excluding carboxylic acids is 1. The molecule has 0 spiro atoms. The van der Waals surface area contributed by atoms with Gasteiger partial charge in [0.05, 0.1) is 0 Å². The molecule has 3 heterocycles. The average Bonchev–Trinajstić information content (AvgIpc) is 3.29. The second-order valence-corrected chi connectivity index (χ2v) is 6.97. The maximum absolute atomic E-state index is 12.4. The number of aromatic nitrogens is 1. The summed E-state index contributed by atoms with van der Waals surface area (Å²) in [6.45, 7) is 7.15. The summed E-state index contributed by atoms with van der Waals surface area (Å²) in [7, 11) is 0. The number of hydrogen-bond donors (Lipinski definition) is 0. The standard InChI is InChI=1S/C20H25N3O/c1-16-19-5-4-12-21(19)13-14-23(16)15-17-6-8-18(9-7-17)20(24)22-10-2-3-11-22/h4-9,12,16H,2-3,10-11,13-15H2,1H3/t16-/m0/s1. The molecule has 4 heteroatoms. The third-order valence-electron chi connectivity index (χ3n) is 5.45. The summed E-state index contributed by atoms with van der Waals surface area (Å²) in [6, 6.07) is 13.0. The van der Waals surface area contributed by atoms with E-state index in [2.05, 4.69) is 46.9 Å². The number of amides is 1. The van der Waals surface area contributed by atoms with Gasteiger partial charge in [-0.3, -0.25) is 9.69 Å². The van der Waals surface area contributed by atoms with E-state index in [9.17, 15) is 4.79 Å². The molecule has 1 aromatic carbocycles. The van der Waals surface area contributed by atoms with Crippen molar-refractivity contribution in [2.24, 2.45) is 0 Å². The lowest BCUT2D eigenvalue weighted by atomic mass is 10.1. The van der Waals surface area contributed by atoms with E-state index in [1.54, 1.807) is 0 Å². The fourth-order valence-corrected chi connectivity index (χ4v) is 3.93. The molecule has 4 rings (SSSR count). The van der Waals surface area contributed by atoms with Crippen LogP contribution in [0.25, 0.3) is 0 Å². The van der Waals surface area contributed by atoms with Crippen molar-refractivity contribution in [1.82, 2.24) is 14.4 Å². The van der Waals surface area contributed by atoms with E-state index in [1.807, 2.05) is 17.0 Å². The summed E-state index contributed by atoms with van der Waals surface area (Å²) in [6.07, 6.45) is 4.44. The minimum Gasteiger partial charge on any atom is -0.349 e. The van der Waals surface area contributed by atoms with E-state index in [1.165, 1.54) is 11.3 Å². The molecule has 0 bridgehead atoms. The van der Waals surface area contributed by atoms with Crippen molar-refractivity contribution in [2.75, 3.05) is 19.6 Å². The van der Waals surface area contributed by atoms with Gasteiger partial charge in [0, 0.05) is 56.2 Å². The lowest BCUT2D eigenvalue weighted by molar-refractivity contribution is 0.0793. The van der Waals surface area contributed by atoms with Crippen LogP contribution in [0.1, 0.15) is 47.4 Å². The van der Waals surface area contributed by atoms with E-state index in [0.717, 1.165) is 51.1 Å². The zero-order valence-electron chi connectivity index (χ0n) is 14.3. The molecule has 1 fully saturated rings. The van der Waals surface area contributed by atoms with Crippen LogP contribution in [0.5, 0.6) is 0 Å². The first-order chi connectivity index (χ1) is 11.7. The van der Waals surface area contributed by atoms with Gasteiger partial charge in [0.1, 0.15) is 0 Å². The van der Waals surface area contributed by atoms with Crippen molar-refractivity contribution in [3.05, 3.63) is 59.4 Å². The summed E-state index contributed by atoms with van der Waals surface area (Å²) in [5.41, 5.74) is 3.49. The van der Waals surface area contributed by atoms with Crippen LogP contribution in [-0.4, -0.2) is 39.9 Å². The minimum absolute atomic E-state index is 0.184. The Kier molecular flexibility index (Phi) is 4.15. The minimum atomic E-state index is 0.184. The van der Waals surface area contributed by atoms with Crippen molar-refractivity contribution in [1.29, 1.82) is 0 Å². The molecule has 0 radical (unpaired) electrons. The second-order valence-electron chi connectivity index (χ2n) is 6.97. The predicted octanol–water partition coefficient (Wildman–Crippen LogP) is 3.30. The summed E-state index contributed by atoms with van der Waals surface area (Å²) in [4.78, 5) is 16.9. The molecule has 0 unspecified atom stereocenters. The Morgan fingerprint density at radius 3 is 2.54 bits per heavy atom. The van der Waals surface area contributed by atoms with Gasteiger partial charge < -0.3 is 9.47 Å². The van der Waals surface area contributed by atoms with E-state index in [-0.39, 0.29) is 5.91 Å². The SMILES string of the molecule is C[C@H]1c2cccn2CCN1Cc1ccc(C(=O)N2CCCC2)cc1. The number of rotatable bonds is 3. The Morgan fingerprint density at radius 1 is 1.04 bits per heavy atom. The molecular formula is C20H25N3O. The summed E-state index contributed by atoms with van der Waals surface area (Å²) >= 11 is 0. The Labute approximate surface area is 143 Å². The molecular weight excluding hydrogens is 298 g/mol. The third-order valence-corrected chi connectivity index (χ3v) is 5.45. The van der Waals surface area contributed by atoms with Crippen LogP contribution < -0.4 is 0 Å². The van der Waals surface area contributed by atoms with Crippen molar-refractivity contribution in [3.63, 3.8) is 0 Å². The molecule has 2 aromatic rings. The van der Waals surface area contributed by atoms with Gasteiger partial charge in [0.25, 0.3) is 5.91 Å². The normalized spacial score (nSPS) is 21.0. The Hall–Kier alpha value is -2.07. The van der Waals surface area contributed by atoms with Crippen LogP contribution in [0.3, 0.4) is 0 Å². The molecule has 2 aliphatic heterocycles. The van der Waals surface area contributed by atoms with Crippen molar-refractivity contribution < 1.29 is 4.79 Å². The molecule has 1 amide bonds. The van der Waals surface area contributed by atoms with E-state index in [0.29, 0.717) is 6.04 Å². The fourth-order valence-electron chi connectivity index (χ4n) is 3.93. The van der Waals surface area contributed by atoms with Gasteiger partial charge in [0.15, 0.2) is 0 Å². The average molecular weight is 323 g/mol. The Balaban J connectivity index is 1.43. The van der Waals surface area contributed by atoms with E-state index in [4.69, 9.17) is 0 Å². The maximum Gasteiger partial charge on any atom is 0.253 e. The molecule has 0 saturated carbocycles. The number of benzene rings is 1. The van der Waals surface area contributed by atoms with E-state index >= 15 is 0 Å². The number of likely N-dealkylation sites (tertiary alicyclic amines) is 1. The summed E-state index contributed by atoms with van der Waals surface area (Å²) in [5, 5.41) is 0. The molecule has 4 nitrogen and oxygen atoms in total. The zero-order valence-corrected chi connectivity index (χ0v) is 14.3. The first kappa shape index (κ1) is 15.5. The first-order valence-corrected chi connectivity index (χ1v) is 9.00. The van der Waals surface area contributed by atoms with Crippen molar-refractivity contribution >= 4 is 5.91 Å². The number of nitrogens with zero attached hydrogens (tertiary/aromatic N) is 3. The lowest BCUT2D eigenvalue weighted by Gasteiger charge is -2.35. The van der Waals surface area contributed by atoms with Gasteiger partial charge in [-0.05, 0) is 49.6 Å². The summed E-state index contributed by atoms with van der Waals surface area (Å²) < 4.78 is 2.35. The van der Waals surface area contributed by atoms with Crippen LogP contribution >= 0.6 is 0 Å². The Morgan fingerprint density at radius 2 is 1.79 bits per heavy atom. The maximum atomic E-state index is 12.4.